The molecule has 0 saturated heterocycles. The van der Waals surface area contributed by atoms with Gasteiger partial charge in [0.25, 0.3) is 10.1 Å². The van der Waals surface area contributed by atoms with Crippen LogP contribution >= 0.6 is 0 Å². The summed E-state index contributed by atoms with van der Waals surface area (Å²) in [5.74, 6) is -0.400. The van der Waals surface area contributed by atoms with E-state index < -0.39 is 20.8 Å². The van der Waals surface area contributed by atoms with Crippen LogP contribution in [-0.4, -0.2) is 18.1 Å². The van der Waals surface area contributed by atoms with E-state index in [0.717, 1.165) is 24.8 Å². The number of rotatable bonds is 17. The molecule has 28 heavy (non-hydrogen) atoms. The van der Waals surface area contributed by atoms with E-state index in [0.29, 0.717) is 0 Å². The Kier molecular flexibility index (Phi) is 13.3. The lowest BCUT2D eigenvalue weighted by atomic mass is 10.0. The van der Waals surface area contributed by atoms with E-state index in [1.54, 1.807) is 6.07 Å². The van der Waals surface area contributed by atoms with Crippen molar-refractivity contribution in [3.05, 3.63) is 23.8 Å². The normalized spacial score (nSPS) is 11.8. The quantitative estimate of drug-likeness (QED) is 0.212. The summed E-state index contributed by atoms with van der Waals surface area (Å²) in [4.78, 5) is -0.397. The lowest BCUT2D eigenvalue weighted by molar-refractivity contribution is 0.442. The fraction of sp³-hybridized carbons (Fsp3) is 0.739. The third-order valence-corrected chi connectivity index (χ3v) is 6.25. The fourth-order valence-corrected chi connectivity index (χ4v) is 4.25. The van der Waals surface area contributed by atoms with E-state index in [2.05, 4.69) is 6.92 Å². The topological polar surface area (TPSA) is 74.6 Å². The standard InChI is InChI=1S/C23H40O4S/c1-2-3-4-5-6-7-8-9-10-11-12-13-14-15-16-17-21-18-19-22(24)23(20-21)28(25,26)27/h18-20,24H,2-17H2,1H3,(H,25,26,27). The van der Waals surface area contributed by atoms with Crippen molar-refractivity contribution in [2.24, 2.45) is 0 Å². The van der Waals surface area contributed by atoms with Crippen molar-refractivity contribution in [2.75, 3.05) is 0 Å². The molecular formula is C23H40O4S. The Balaban J connectivity index is 1.97. The number of phenols is 1. The Morgan fingerprint density at radius 3 is 1.57 bits per heavy atom. The summed E-state index contributed by atoms with van der Waals surface area (Å²) in [6.07, 6.45) is 20.5. The molecule has 0 saturated carbocycles. The van der Waals surface area contributed by atoms with Crippen molar-refractivity contribution >= 4 is 10.1 Å². The van der Waals surface area contributed by atoms with Gasteiger partial charge in [-0.3, -0.25) is 4.55 Å². The minimum Gasteiger partial charge on any atom is -0.506 e. The van der Waals surface area contributed by atoms with Gasteiger partial charge >= 0.3 is 0 Å². The van der Waals surface area contributed by atoms with Gasteiger partial charge in [0.2, 0.25) is 0 Å². The van der Waals surface area contributed by atoms with Gasteiger partial charge in [-0.2, -0.15) is 8.42 Å². The minimum absolute atomic E-state index is 0.397. The summed E-state index contributed by atoms with van der Waals surface area (Å²) < 4.78 is 31.5. The Hall–Kier alpha value is -1.07. The molecule has 1 aromatic carbocycles. The van der Waals surface area contributed by atoms with Crippen LogP contribution in [0.1, 0.15) is 109 Å². The van der Waals surface area contributed by atoms with Crippen LogP contribution in [0.25, 0.3) is 0 Å². The molecule has 0 aliphatic rings. The van der Waals surface area contributed by atoms with Crippen molar-refractivity contribution in [2.45, 2.75) is 115 Å². The van der Waals surface area contributed by atoms with E-state index in [-0.39, 0.29) is 0 Å². The number of unbranched alkanes of at least 4 members (excludes halogenated alkanes) is 14. The summed E-state index contributed by atoms with van der Waals surface area (Å²) in [5.41, 5.74) is 0.833. The van der Waals surface area contributed by atoms with Crippen LogP contribution in [0.2, 0.25) is 0 Å². The first-order valence-electron chi connectivity index (χ1n) is 11.2. The second kappa shape index (κ2) is 14.9. The molecule has 1 rings (SSSR count). The summed E-state index contributed by atoms with van der Waals surface area (Å²) in [6, 6.07) is 4.42. The van der Waals surface area contributed by atoms with E-state index in [4.69, 9.17) is 4.55 Å². The Labute approximate surface area is 172 Å². The van der Waals surface area contributed by atoms with E-state index >= 15 is 0 Å². The molecule has 0 fully saturated rings. The molecule has 1 aromatic rings. The molecule has 0 aliphatic heterocycles. The van der Waals surface area contributed by atoms with Gasteiger partial charge < -0.3 is 5.11 Å². The highest BCUT2D eigenvalue weighted by atomic mass is 32.2. The third-order valence-electron chi connectivity index (χ3n) is 5.37. The van der Waals surface area contributed by atoms with Gasteiger partial charge in [-0.05, 0) is 30.5 Å². The molecule has 2 N–H and O–H groups in total. The van der Waals surface area contributed by atoms with Crippen molar-refractivity contribution in [1.29, 1.82) is 0 Å². The van der Waals surface area contributed by atoms with Crippen molar-refractivity contribution < 1.29 is 18.1 Å². The largest absolute Gasteiger partial charge is 0.506 e. The first-order chi connectivity index (χ1) is 13.4. The van der Waals surface area contributed by atoms with Crippen LogP contribution in [0.4, 0.5) is 0 Å². The monoisotopic (exact) mass is 412 g/mol. The number of phenolic OH excluding ortho intramolecular Hbond substituents is 1. The zero-order valence-electron chi connectivity index (χ0n) is 17.7. The molecule has 0 aliphatic carbocycles. The third kappa shape index (κ3) is 11.7. The fourth-order valence-electron chi connectivity index (χ4n) is 3.62. The van der Waals surface area contributed by atoms with Crippen molar-refractivity contribution in [1.82, 2.24) is 0 Å². The molecule has 0 radical (unpaired) electrons. The number of aryl methyl sites for hydroxylation is 1. The van der Waals surface area contributed by atoms with E-state index in [9.17, 15) is 13.5 Å². The molecule has 4 nitrogen and oxygen atoms in total. The Bertz CT molecular complexity index is 625. The Morgan fingerprint density at radius 2 is 1.14 bits per heavy atom. The predicted molar refractivity (Wildman–Crippen MR) is 117 cm³/mol. The summed E-state index contributed by atoms with van der Waals surface area (Å²) in [6.45, 7) is 2.26. The lowest BCUT2D eigenvalue weighted by Gasteiger charge is -2.06. The second-order valence-electron chi connectivity index (χ2n) is 7.98. The second-order valence-corrected chi connectivity index (χ2v) is 9.37. The van der Waals surface area contributed by atoms with Crippen LogP contribution in [0.3, 0.4) is 0 Å². The van der Waals surface area contributed by atoms with Gasteiger partial charge in [0, 0.05) is 0 Å². The first kappa shape index (κ1) is 25.0. The van der Waals surface area contributed by atoms with E-state index in [1.807, 2.05) is 0 Å². The number of benzene rings is 1. The average molecular weight is 413 g/mol. The van der Waals surface area contributed by atoms with Crippen molar-refractivity contribution in [3.8, 4) is 5.75 Å². The minimum atomic E-state index is -4.37. The predicted octanol–water partition coefficient (Wildman–Crippen LogP) is 7.05. The van der Waals surface area contributed by atoms with Gasteiger partial charge in [0.1, 0.15) is 10.6 Å². The van der Waals surface area contributed by atoms with Crippen LogP contribution in [0.5, 0.6) is 5.75 Å². The van der Waals surface area contributed by atoms with Gasteiger partial charge in [-0.25, -0.2) is 0 Å². The molecule has 0 bridgehead atoms. The van der Waals surface area contributed by atoms with Crippen molar-refractivity contribution in [3.63, 3.8) is 0 Å². The maximum absolute atomic E-state index is 11.2. The van der Waals surface area contributed by atoms with Crippen LogP contribution in [-0.2, 0) is 16.5 Å². The molecule has 0 spiro atoms. The van der Waals surface area contributed by atoms with Gasteiger partial charge in [-0.15, -0.1) is 0 Å². The molecule has 0 aromatic heterocycles. The first-order valence-corrected chi connectivity index (χ1v) is 12.7. The molecule has 5 heteroatoms. The SMILES string of the molecule is CCCCCCCCCCCCCCCCCc1ccc(O)c(S(=O)(=O)O)c1. The maximum Gasteiger partial charge on any atom is 0.298 e. The van der Waals surface area contributed by atoms with Crippen LogP contribution < -0.4 is 0 Å². The highest BCUT2D eigenvalue weighted by Gasteiger charge is 2.15. The average Bonchev–Trinajstić information content (AvgIpc) is 2.65. The molecule has 0 atom stereocenters. The molecule has 0 amide bonds. The summed E-state index contributed by atoms with van der Waals surface area (Å²) >= 11 is 0. The zero-order valence-corrected chi connectivity index (χ0v) is 18.5. The molecule has 0 unspecified atom stereocenters. The van der Waals surface area contributed by atoms with Gasteiger partial charge in [0.05, 0.1) is 0 Å². The summed E-state index contributed by atoms with van der Waals surface area (Å²) in [5, 5.41) is 9.54. The molecular weight excluding hydrogens is 372 g/mol. The maximum atomic E-state index is 11.2. The highest BCUT2D eigenvalue weighted by molar-refractivity contribution is 7.86. The number of hydrogen-bond donors (Lipinski definition) is 2. The smallest absolute Gasteiger partial charge is 0.298 e. The Morgan fingerprint density at radius 1 is 0.714 bits per heavy atom. The highest BCUT2D eigenvalue weighted by Crippen LogP contribution is 2.24. The lowest BCUT2D eigenvalue weighted by Crippen LogP contribution is -2.00. The molecule has 0 heterocycles. The van der Waals surface area contributed by atoms with Gasteiger partial charge in [-0.1, -0.05) is 103 Å². The van der Waals surface area contributed by atoms with Crippen LogP contribution in [0, 0.1) is 0 Å². The zero-order chi connectivity index (χ0) is 20.7. The molecule has 162 valence electrons. The number of hydrogen-bond acceptors (Lipinski definition) is 3. The van der Waals surface area contributed by atoms with E-state index in [1.165, 1.54) is 95.6 Å². The summed E-state index contributed by atoms with van der Waals surface area (Å²) in [7, 11) is -4.37. The number of aromatic hydroxyl groups is 1. The van der Waals surface area contributed by atoms with Gasteiger partial charge in [0.15, 0.2) is 0 Å². The van der Waals surface area contributed by atoms with Crippen LogP contribution in [0.15, 0.2) is 23.1 Å².